The Balaban J connectivity index is 0.00000288. The number of hydrogen-bond donors (Lipinski definition) is 3. The lowest BCUT2D eigenvalue weighted by Gasteiger charge is -2.22. The van der Waals surface area contributed by atoms with Crippen molar-refractivity contribution < 1.29 is 5.11 Å². The van der Waals surface area contributed by atoms with E-state index in [1.807, 2.05) is 0 Å². The minimum absolute atomic E-state index is 0. The summed E-state index contributed by atoms with van der Waals surface area (Å²) in [7, 11) is 3.86. The quantitative estimate of drug-likeness (QED) is 0.340. The molecule has 2 rings (SSSR count). The SMILES string of the molecule is CN=C(NCC(O)c1cc(Cl)cc(Cl)c1)NCC1CCCN1C.I. The number of guanidine groups is 1. The maximum absolute atomic E-state index is 10.3. The number of likely N-dealkylation sites (tertiary alicyclic amines) is 1. The Kier molecular flexibility index (Phi) is 9.66. The largest absolute Gasteiger partial charge is 0.387 e. The number of nitrogens with zero attached hydrogens (tertiary/aromatic N) is 2. The molecule has 1 aromatic rings. The maximum atomic E-state index is 10.3. The first-order chi connectivity index (χ1) is 11.0. The van der Waals surface area contributed by atoms with Crippen LogP contribution in [-0.4, -0.2) is 55.7 Å². The highest BCUT2D eigenvalue weighted by Gasteiger charge is 2.20. The minimum atomic E-state index is -0.709. The molecule has 1 fully saturated rings. The monoisotopic (exact) mass is 486 g/mol. The third-order valence-electron chi connectivity index (χ3n) is 4.13. The zero-order chi connectivity index (χ0) is 16.8. The van der Waals surface area contributed by atoms with Crippen LogP contribution in [0, 0.1) is 0 Å². The number of halogens is 3. The molecule has 8 heteroatoms. The number of likely N-dealkylation sites (N-methyl/N-ethyl adjacent to an activating group) is 1. The van der Waals surface area contributed by atoms with Crippen molar-refractivity contribution in [1.29, 1.82) is 0 Å². The van der Waals surface area contributed by atoms with Crippen LogP contribution in [0.1, 0.15) is 24.5 Å². The van der Waals surface area contributed by atoms with Crippen molar-refractivity contribution in [2.24, 2.45) is 4.99 Å². The van der Waals surface area contributed by atoms with Crippen LogP contribution in [0.4, 0.5) is 0 Å². The first kappa shape index (κ1) is 21.8. The van der Waals surface area contributed by atoms with Crippen molar-refractivity contribution in [2.75, 3.05) is 33.7 Å². The fraction of sp³-hybridized carbons (Fsp3) is 0.562. The molecule has 5 nitrogen and oxygen atoms in total. The Morgan fingerprint density at radius 1 is 1.33 bits per heavy atom. The molecule has 2 unspecified atom stereocenters. The third-order valence-corrected chi connectivity index (χ3v) is 4.57. The van der Waals surface area contributed by atoms with Gasteiger partial charge in [0.25, 0.3) is 0 Å². The summed E-state index contributed by atoms with van der Waals surface area (Å²) in [6, 6.07) is 5.60. The molecule has 3 N–H and O–H groups in total. The molecular formula is C16H25Cl2IN4O. The van der Waals surface area contributed by atoms with E-state index in [9.17, 15) is 5.11 Å². The van der Waals surface area contributed by atoms with Gasteiger partial charge in [0.05, 0.1) is 6.10 Å². The van der Waals surface area contributed by atoms with Crippen LogP contribution >= 0.6 is 47.2 Å². The molecule has 1 aliphatic rings. The van der Waals surface area contributed by atoms with E-state index < -0.39 is 6.10 Å². The molecule has 0 bridgehead atoms. The number of aliphatic hydroxyl groups is 1. The second kappa shape index (κ2) is 10.7. The maximum Gasteiger partial charge on any atom is 0.191 e. The first-order valence-electron chi connectivity index (χ1n) is 7.78. The zero-order valence-corrected chi connectivity index (χ0v) is 17.8. The average molecular weight is 487 g/mol. The van der Waals surface area contributed by atoms with Gasteiger partial charge in [0.1, 0.15) is 0 Å². The summed E-state index contributed by atoms with van der Waals surface area (Å²) >= 11 is 11.9. The van der Waals surface area contributed by atoms with Crippen LogP contribution in [0.25, 0.3) is 0 Å². The number of aliphatic hydroxyl groups excluding tert-OH is 1. The summed E-state index contributed by atoms with van der Waals surface area (Å²) in [5, 5.41) is 17.7. The second-order valence-corrected chi connectivity index (χ2v) is 6.70. The molecule has 24 heavy (non-hydrogen) atoms. The number of rotatable bonds is 5. The summed E-state index contributed by atoms with van der Waals surface area (Å²) in [6.45, 7) is 2.32. The van der Waals surface area contributed by atoms with Crippen molar-refractivity contribution in [2.45, 2.75) is 25.0 Å². The van der Waals surface area contributed by atoms with E-state index in [1.165, 1.54) is 12.8 Å². The van der Waals surface area contributed by atoms with Gasteiger partial charge in [-0.2, -0.15) is 0 Å². The molecule has 0 amide bonds. The van der Waals surface area contributed by atoms with E-state index in [4.69, 9.17) is 23.2 Å². The van der Waals surface area contributed by atoms with Crippen molar-refractivity contribution in [3.8, 4) is 0 Å². The Morgan fingerprint density at radius 2 is 2.00 bits per heavy atom. The third kappa shape index (κ3) is 6.55. The molecule has 136 valence electrons. The minimum Gasteiger partial charge on any atom is -0.387 e. The number of aliphatic imine (C=N–C) groups is 1. The summed E-state index contributed by atoms with van der Waals surface area (Å²) < 4.78 is 0. The molecule has 0 spiro atoms. The molecule has 1 heterocycles. The standard InChI is InChI=1S/C16H24Cl2N4O.HI/c1-19-16(20-9-14-4-3-5-22(14)2)21-10-15(23)11-6-12(17)8-13(18)7-11;/h6-8,14-15,23H,3-5,9-10H2,1-2H3,(H2,19,20,21);1H. The van der Waals surface area contributed by atoms with Gasteiger partial charge in [-0.3, -0.25) is 4.99 Å². The van der Waals surface area contributed by atoms with Crippen molar-refractivity contribution in [1.82, 2.24) is 15.5 Å². The van der Waals surface area contributed by atoms with Crippen molar-refractivity contribution >= 4 is 53.1 Å². The van der Waals surface area contributed by atoms with Gasteiger partial charge < -0.3 is 20.6 Å². The van der Waals surface area contributed by atoms with Gasteiger partial charge in [0.2, 0.25) is 0 Å². The Bertz CT molecular complexity index is 539. The van der Waals surface area contributed by atoms with E-state index in [-0.39, 0.29) is 24.0 Å². The fourth-order valence-corrected chi connectivity index (χ4v) is 3.29. The normalized spacial score (nSPS) is 19.7. The predicted molar refractivity (Wildman–Crippen MR) is 112 cm³/mol. The van der Waals surface area contributed by atoms with Crippen LogP contribution in [0.2, 0.25) is 10.0 Å². The van der Waals surface area contributed by atoms with Gasteiger partial charge in [-0.1, -0.05) is 23.2 Å². The van der Waals surface area contributed by atoms with E-state index in [0.29, 0.717) is 34.2 Å². The molecule has 0 saturated carbocycles. The lowest BCUT2D eigenvalue weighted by Crippen LogP contribution is -2.44. The Hall–Kier alpha value is -0.280. The number of benzene rings is 1. The van der Waals surface area contributed by atoms with E-state index in [1.54, 1.807) is 25.2 Å². The van der Waals surface area contributed by atoms with Crippen LogP contribution in [0.15, 0.2) is 23.2 Å². The highest BCUT2D eigenvalue weighted by molar-refractivity contribution is 14.0. The van der Waals surface area contributed by atoms with Gasteiger partial charge in [-0.05, 0) is 50.2 Å². The zero-order valence-electron chi connectivity index (χ0n) is 13.9. The smallest absolute Gasteiger partial charge is 0.191 e. The molecule has 1 aromatic carbocycles. The summed E-state index contributed by atoms with van der Waals surface area (Å²) in [6.07, 6.45) is 1.73. The lowest BCUT2D eigenvalue weighted by molar-refractivity contribution is 0.181. The first-order valence-corrected chi connectivity index (χ1v) is 8.54. The summed E-state index contributed by atoms with van der Waals surface area (Å²) in [4.78, 5) is 6.54. The summed E-state index contributed by atoms with van der Waals surface area (Å²) in [5.41, 5.74) is 0.681. The fourth-order valence-electron chi connectivity index (χ4n) is 2.75. The second-order valence-electron chi connectivity index (χ2n) is 5.83. The van der Waals surface area contributed by atoms with Crippen LogP contribution in [-0.2, 0) is 0 Å². The summed E-state index contributed by atoms with van der Waals surface area (Å²) in [5.74, 6) is 0.678. The number of hydrogen-bond acceptors (Lipinski definition) is 3. The van der Waals surface area contributed by atoms with Gasteiger partial charge >= 0.3 is 0 Å². The van der Waals surface area contributed by atoms with E-state index in [0.717, 1.165) is 13.1 Å². The molecule has 0 aromatic heterocycles. The van der Waals surface area contributed by atoms with E-state index in [2.05, 4.69) is 27.6 Å². The predicted octanol–water partition coefficient (Wildman–Crippen LogP) is 2.90. The van der Waals surface area contributed by atoms with Gasteiger partial charge in [0, 0.05) is 36.2 Å². The van der Waals surface area contributed by atoms with Crippen LogP contribution < -0.4 is 10.6 Å². The molecule has 0 radical (unpaired) electrons. The average Bonchev–Trinajstić information content (AvgIpc) is 2.91. The van der Waals surface area contributed by atoms with E-state index >= 15 is 0 Å². The van der Waals surface area contributed by atoms with Crippen molar-refractivity contribution in [3.05, 3.63) is 33.8 Å². The Morgan fingerprint density at radius 3 is 2.54 bits per heavy atom. The van der Waals surface area contributed by atoms with Crippen LogP contribution in [0.5, 0.6) is 0 Å². The molecule has 1 aliphatic heterocycles. The highest BCUT2D eigenvalue weighted by Crippen LogP contribution is 2.23. The number of nitrogens with one attached hydrogen (secondary N) is 2. The van der Waals surface area contributed by atoms with Gasteiger partial charge in [0.15, 0.2) is 5.96 Å². The topological polar surface area (TPSA) is 59.9 Å². The molecule has 1 saturated heterocycles. The van der Waals surface area contributed by atoms with Gasteiger partial charge in [-0.25, -0.2) is 0 Å². The molecule has 0 aliphatic carbocycles. The molecular weight excluding hydrogens is 462 g/mol. The van der Waals surface area contributed by atoms with Crippen LogP contribution in [0.3, 0.4) is 0 Å². The van der Waals surface area contributed by atoms with Crippen molar-refractivity contribution in [3.63, 3.8) is 0 Å². The van der Waals surface area contributed by atoms with Gasteiger partial charge in [-0.15, -0.1) is 24.0 Å². The lowest BCUT2D eigenvalue weighted by atomic mass is 10.1. The Labute approximate surface area is 170 Å². The highest BCUT2D eigenvalue weighted by atomic mass is 127. The molecule has 2 atom stereocenters.